The van der Waals surface area contributed by atoms with Gasteiger partial charge in [-0.15, -0.1) is 0 Å². The molecule has 2 nitrogen and oxygen atoms in total. The van der Waals surface area contributed by atoms with Gasteiger partial charge in [0.1, 0.15) is 0 Å². The van der Waals surface area contributed by atoms with E-state index >= 15 is 0 Å². The summed E-state index contributed by atoms with van der Waals surface area (Å²) >= 11 is 0. The zero-order valence-corrected chi connectivity index (χ0v) is 23.6. The molecule has 0 heterocycles. The fourth-order valence-electron chi connectivity index (χ4n) is 4.83. The molecule has 0 amide bonds. The van der Waals surface area contributed by atoms with Crippen LogP contribution in [0.5, 0.6) is 0 Å². The molecule has 2 aliphatic carbocycles. The van der Waals surface area contributed by atoms with E-state index < -0.39 is 5.97 Å². The van der Waals surface area contributed by atoms with Crippen molar-refractivity contribution in [3.63, 3.8) is 0 Å². The van der Waals surface area contributed by atoms with Crippen LogP contribution in [-0.2, 0) is 4.79 Å². The van der Waals surface area contributed by atoms with Gasteiger partial charge in [0.25, 0.3) is 0 Å². The highest BCUT2D eigenvalue weighted by Gasteiger charge is 2.12. The summed E-state index contributed by atoms with van der Waals surface area (Å²) in [5.41, 5.74) is 3.34. The zero-order valence-electron chi connectivity index (χ0n) is 23.6. The highest BCUT2D eigenvalue weighted by Crippen LogP contribution is 2.26. The molecule has 2 aliphatic rings. The summed E-state index contributed by atoms with van der Waals surface area (Å²) in [5.74, 6) is 0.235. The molecule has 0 radical (unpaired) electrons. The van der Waals surface area contributed by atoms with Crippen molar-refractivity contribution in [2.45, 2.75) is 143 Å². The molecule has 2 heteroatoms. The van der Waals surface area contributed by atoms with Crippen LogP contribution < -0.4 is 0 Å². The summed E-state index contributed by atoms with van der Waals surface area (Å²) < 4.78 is 0. The Morgan fingerprint density at radius 2 is 1.49 bits per heavy atom. The van der Waals surface area contributed by atoms with Crippen LogP contribution in [0.25, 0.3) is 0 Å². The van der Waals surface area contributed by atoms with E-state index in [9.17, 15) is 4.79 Å². The Morgan fingerprint density at radius 1 is 0.857 bits per heavy atom. The molecule has 1 unspecified atom stereocenters. The van der Waals surface area contributed by atoms with Crippen molar-refractivity contribution in [1.82, 2.24) is 0 Å². The quantitative estimate of drug-likeness (QED) is 0.208. The van der Waals surface area contributed by atoms with E-state index in [1.807, 2.05) is 0 Å². The molecule has 0 bridgehead atoms. The van der Waals surface area contributed by atoms with Gasteiger partial charge in [0.05, 0.1) is 0 Å². The number of hydrogen-bond acceptors (Lipinski definition) is 1. The molecule has 1 atom stereocenters. The number of unbranched alkanes of at least 4 members (excludes halogenated alkanes) is 9. The summed E-state index contributed by atoms with van der Waals surface area (Å²) in [5, 5.41) is 8.52. The van der Waals surface area contributed by atoms with Gasteiger partial charge in [-0.2, -0.15) is 0 Å². The molecule has 0 aromatic rings. The van der Waals surface area contributed by atoms with E-state index in [-0.39, 0.29) is 0 Å². The maximum atomic E-state index is 10.3. The van der Waals surface area contributed by atoms with Crippen LogP contribution in [0.15, 0.2) is 47.6 Å². The molecule has 2 rings (SSSR count). The lowest BCUT2D eigenvalue weighted by Gasteiger charge is -2.18. The predicted octanol–water partition coefficient (Wildman–Crippen LogP) is 10.8. The van der Waals surface area contributed by atoms with Crippen molar-refractivity contribution in [3.8, 4) is 0 Å². The van der Waals surface area contributed by atoms with E-state index in [0.29, 0.717) is 11.8 Å². The van der Waals surface area contributed by atoms with Gasteiger partial charge >= 0.3 is 5.97 Å². The summed E-state index contributed by atoms with van der Waals surface area (Å²) in [6.07, 6.45) is 36.0. The van der Waals surface area contributed by atoms with Crippen molar-refractivity contribution in [2.75, 3.05) is 0 Å². The molecular formula is C33H56O2. The Morgan fingerprint density at radius 3 is 2.09 bits per heavy atom. The SMILES string of the molecule is CC1=CCCC(C)=CCC(C)(C)C=CC1.O=C(O)CCCCCCCCCCCCC1C=CCC1. The first-order chi connectivity index (χ1) is 16.8. The van der Waals surface area contributed by atoms with Gasteiger partial charge in [-0.3, -0.25) is 4.79 Å². The lowest BCUT2D eigenvalue weighted by molar-refractivity contribution is -0.137. The number of carboxylic acids is 1. The molecule has 1 N–H and O–H groups in total. The first-order valence-corrected chi connectivity index (χ1v) is 14.7. The molecule has 0 saturated carbocycles. The number of allylic oxidation sites excluding steroid dienone is 8. The first-order valence-electron chi connectivity index (χ1n) is 14.7. The standard InChI is InChI=1S/C18H32O2.C15H24/c19-18(20)16-10-8-6-4-2-1-3-5-7-9-13-17-14-11-12-15-17;1-13-7-5-8-14(2)10-12-15(3,4)11-6-9-13/h11,14,17H,1-10,12-13,15-16H2,(H,19,20);6-7,10-11H,5,8-9,12H2,1-4H3. The number of hydrogen-bond donors (Lipinski definition) is 1. The molecule has 0 aromatic heterocycles. The molecular weight excluding hydrogens is 428 g/mol. The molecule has 0 fully saturated rings. The van der Waals surface area contributed by atoms with Crippen LogP contribution in [0, 0.1) is 11.3 Å². The Kier molecular flexibility index (Phi) is 17.6. The summed E-state index contributed by atoms with van der Waals surface area (Å²) in [4.78, 5) is 10.3. The van der Waals surface area contributed by atoms with E-state index in [1.165, 1.54) is 94.6 Å². The number of carbonyl (C=O) groups is 1. The third-order valence-corrected chi connectivity index (χ3v) is 7.34. The van der Waals surface area contributed by atoms with Gasteiger partial charge in [0.15, 0.2) is 0 Å². The maximum Gasteiger partial charge on any atom is 0.303 e. The fourth-order valence-corrected chi connectivity index (χ4v) is 4.83. The van der Waals surface area contributed by atoms with Crippen LogP contribution >= 0.6 is 0 Å². The van der Waals surface area contributed by atoms with Crippen molar-refractivity contribution in [2.24, 2.45) is 11.3 Å². The van der Waals surface area contributed by atoms with E-state index in [0.717, 1.165) is 31.6 Å². The van der Waals surface area contributed by atoms with Crippen LogP contribution in [0.4, 0.5) is 0 Å². The normalized spacial score (nSPS) is 19.8. The summed E-state index contributed by atoms with van der Waals surface area (Å²) in [6, 6.07) is 0. The van der Waals surface area contributed by atoms with Crippen molar-refractivity contribution >= 4 is 5.97 Å². The lowest BCUT2D eigenvalue weighted by atomic mass is 9.87. The Balaban J connectivity index is 0.000000365. The van der Waals surface area contributed by atoms with Gasteiger partial charge < -0.3 is 5.11 Å². The zero-order chi connectivity index (χ0) is 25.8. The second kappa shape index (κ2) is 19.6. The Bertz CT molecular complexity index is 677. The highest BCUT2D eigenvalue weighted by atomic mass is 16.4. The third-order valence-electron chi connectivity index (χ3n) is 7.34. The maximum absolute atomic E-state index is 10.3. The average Bonchev–Trinajstić information content (AvgIpc) is 3.31. The topological polar surface area (TPSA) is 37.3 Å². The second-order valence-corrected chi connectivity index (χ2v) is 11.7. The van der Waals surface area contributed by atoms with Crippen LogP contribution in [0.1, 0.15) is 143 Å². The van der Waals surface area contributed by atoms with Gasteiger partial charge in [0.2, 0.25) is 0 Å². The van der Waals surface area contributed by atoms with Gasteiger partial charge in [-0.1, -0.05) is 119 Å². The van der Waals surface area contributed by atoms with E-state index in [4.69, 9.17) is 5.11 Å². The Hall–Kier alpha value is -1.57. The molecule has 0 spiro atoms. The minimum Gasteiger partial charge on any atom is -0.481 e. The monoisotopic (exact) mass is 484 g/mol. The van der Waals surface area contributed by atoms with E-state index in [2.05, 4.69) is 64.2 Å². The largest absolute Gasteiger partial charge is 0.481 e. The third kappa shape index (κ3) is 19.3. The minimum absolute atomic E-state index is 0.311. The first kappa shape index (κ1) is 31.5. The van der Waals surface area contributed by atoms with Crippen LogP contribution in [0.3, 0.4) is 0 Å². The van der Waals surface area contributed by atoms with Crippen molar-refractivity contribution < 1.29 is 9.90 Å². The molecule has 0 aromatic carbocycles. The van der Waals surface area contributed by atoms with Crippen LogP contribution in [-0.4, -0.2) is 11.1 Å². The lowest BCUT2D eigenvalue weighted by Crippen LogP contribution is -2.05. The molecule has 0 saturated heterocycles. The molecule has 0 aliphatic heterocycles. The fraction of sp³-hybridized carbons (Fsp3) is 0.727. The van der Waals surface area contributed by atoms with E-state index in [1.54, 1.807) is 0 Å². The average molecular weight is 485 g/mol. The Labute approximate surface area is 218 Å². The molecule has 35 heavy (non-hydrogen) atoms. The smallest absolute Gasteiger partial charge is 0.303 e. The second-order valence-electron chi connectivity index (χ2n) is 11.7. The number of aliphatic carboxylic acids is 1. The number of carboxylic acid groups (broad SMARTS) is 1. The highest BCUT2D eigenvalue weighted by molar-refractivity contribution is 5.66. The van der Waals surface area contributed by atoms with Crippen molar-refractivity contribution in [3.05, 3.63) is 47.6 Å². The number of rotatable bonds is 13. The van der Waals surface area contributed by atoms with Gasteiger partial charge in [-0.25, -0.2) is 0 Å². The minimum atomic E-state index is -0.655. The molecule has 200 valence electrons. The van der Waals surface area contributed by atoms with Crippen molar-refractivity contribution in [1.29, 1.82) is 0 Å². The summed E-state index contributed by atoms with van der Waals surface area (Å²) in [6.45, 7) is 9.10. The van der Waals surface area contributed by atoms with Gasteiger partial charge in [-0.05, 0) is 76.5 Å². The predicted molar refractivity (Wildman–Crippen MR) is 154 cm³/mol. The van der Waals surface area contributed by atoms with Crippen LogP contribution in [0.2, 0.25) is 0 Å². The van der Waals surface area contributed by atoms with Gasteiger partial charge in [0, 0.05) is 6.42 Å². The summed E-state index contributed by atoms with van der Waals surface area (Å²) in [7, 11) is 0.